The van der Waals surface area contributed by atoms with Crippen LogP contribution >= 0.6 is 11.8 Å². The zero-order chi connectivity index (χ0) is 41.2. The molecule has 2 unspecified atom stereocenters. The summed E-state index contributed by atoms with van der Waals surface area (Å²) in [5, 5.41) is 73.2. The van der Waals surface area contributed by atoms with Crippen molar-refractivity contribution in [3.63, 3.8) is 0 Å². The molecule has 0 bridgehead atoms. The Bertz CT molecular complexity index is 1690. The lowest BCUT2D eigenvalue weighted by Gasteiger charge is -2.70. The van der Waals surface area contributed by atoms with Gasteiger partial charge in [0.1, 0.15) is 29.5 Å². The van der Waals surface area contributed by atoms with Crippen molar-refractivity contribution in [1.29, 1.82) is 0 Å². The van der Waals surface area contributed by atoms with Crippen molar-refractivity contribution >= 4 is 35.5 Å². The van der Waals surface area contributed by atoms with Gasteiger partial charge in [-0.1, -0.05) is 40.2 Å². The lowest BCUT2D eigenvalue weighted by molar-refractivity contribution is -0.209. The molecule has 14 heteroatoms. The highest BCUT2D eigenvalue weighted by atomic mass is 32.2. The first-order valence-electron chi connectivity index (χ1n) is 20.7. The van der Waals surface area contributed by atoms with Crippen molar-refractivity contribution in [2.75, 3.05) is 12.3 Å². The van der Waals surface area contributed by atoms with E-state index in [0.717, 1.165) is 55.9 Å². The summed E-state index contributed by atoms with van der Waals surface area (Å²) in [4.78, 5) is 53.0. The second-order valence-corrected chi connectivity index (χ2v) is 21.7. The number of aliphatic carboxylic acids is 3. The number of allylic oxidation sites excluding steroid dienone is 2. The van der Waals surface area contributed by atoms with Crippen molar-refractivity contribution in [2.45, 2.75) is 160 Å². The van der Waals surface area contributed by atoms with Gasteiger partial charge in [0.15, 0.2) is 11.9 Å². The Morgan fingerprint density at radius 2 is 1.55 bits per heavy atom. The molecule has 0 aromatic carbocycles. The summed E-state index contributed by atoms with van der Waals surface area (Å²) >= 11 is 1.08. The summed E-state index contributed by atoms with van der Waals surface area (Å²) < 4.78 is 5.50. The number of aliphatic hydroxyl groups excluding tert-OH is 3. The Morgan fingerprint density at radius 1 is 0.875 bits per heavy atom. The van der Waals surface area contributed by atoms with E-state index in [1.165, 1.54) is 0 Å². The number of thioether (sulfide) groups is 1. The minimum absolute atomic E-state index is 0.00324. The van der Waals surface area contributed by atoms with E-state index in [-0.39, 0.29) is 71.0 Å². The Morgan fingerprint density at radius 3 is 2.20 bits per heavy atom. The molecule has 2 aliphatic heterocycles. The summed E-state index contributed by atoms with van der Waals surface area (Å²) in [5.74, 6) is -3.08. The number of ether oxygens (including phenoxy) is 1. The van der Waals surface area contributed by atoms with Gasteiger partial charge < -0.3 is 40.5 Å². The molecule has 0 spiro atoms. The molecule has 7 N–H and O–H groups in total. The van der Waals surface area contributed by atoms with Crippen molar-refractivity contribution in [1.82, 2.24) is 4.90 Å². The minimum Gasteiger partial charge on any atom is -0.481 e. The maximum Gasteiger partial charge on any atom is 0.335 e. The normalized spacial score (nSPS) is 51.4. The van der Waals surface area contributed by atoms with E-state index in [0.29, 0.717) is 25.7 Å². The topological polar surface area (TPSA) is 222 Å². The van der Waals surface area contributed by atoms with Crippen molar-refractivity contribution < 1.29 is 59.7 Å². The van der Waals surface area contributed by atoms with Crippen LogP contribution in [0.5, 0.6) is 0 Å². The molecule has 0 aromatic heterocycles. The highest BCUT2D eigenvalue weighted by molar-refractivity contribution is 7.99. The molecule has 16 atom stereocenters. The van der Waals surface area contributed by atoms with Crippen LogP contribution in [0.3, 0.4) is 0 Å². The summed E-state index contributed by atoms with van der Waals surface area (Å²) in [5.41, 5.74) is -3.90. The molecule has 5 aliphatic carbocycles. The monoisotopic (exact) mass is 805 g/mol. The van der Waals surface area contributed by atoms with Gasteiger partial charge in [-0.25, -0.2) is 4.79 Å². The van der Waals surface area contributed by atoms with E-state index in [2.05, 4.69) is 34.6 Å². The Hall–Kier alpha value is -2.07. The van der Waals surface area contributed by atoms with Crippen molar-refractivity contribution in [3.05, 3.63) is 11.6 Å². The quantitative estimate of drug-likeness (QED) is 0.173. The van der Waals surface area contributed by atoms with Crippen molar-refractivity contribution in [3.8, 4) is 0 Å². The van der Waals surface area contributed by atoms with Crippen LogP contribution in [0.2, 0.25) is 0 Å². The molecule has 0 aromatic rings. The van der Waals surface area contributed by atoms with Gasteiger partial charge in [-0.3, -0.25) is 19.3 Å². The molecule has 56 heavy (non-hydrogen) atoms. The molecule has 0 radical (unpaired) electrons. The van der Waals surface area contributed by atoms with Crippen molar-refractivity contribution in [2.24, 2.45) is 50.2 Å². The maximum absolute atomic E-state index is 14.9. The molecular weight excluding hydrogens is 743 g/mol. The fraction of sp³-hybridized carbons (Fsp3) is 0.857. The number of nitrogens with zero attached hydrogens (tertiary/aromatic N) is 1. The van der Waals surface area contributed by atoms with Crippen LogP contribution in [-0.4, -0.2) is 118 Å². The third-order valence-electron chi connectivity index (χ3n) is 17.6. The average Bonchev–Trinajstić information content (AvgIpc) is 3.34. The van der Waals surface area contributed by atoms with E-state index in [9.17, 15) is 54.9 Å². The highest BCUT2D eigenvalue weighted by Gasteiger charge is 2.73. The number of likely N-dealkylation sites (tertiary alicyclic amines) is 1. The molecule has 2 heterocycles. The maximum atomic E-state index is 14.9. The van der Waals surface area contributed by atoms with Crippen LogP contribution in [0.4, 0.5) is 0 Å². The van der Waals surface area contributed by atoms with Crippen LogP contribution < -0.4 is 0 Å². The van der Waals surface area contributed by atoms with E-state index in [4.69, 9.17) is 4.74 Å². The zero-order valence-corrected chi connectivity index (χ0v) is 34.5. The van der Waals surface area contributed by atoms with Crippen LogP contribution in [0.1, 0.15) is 119 Å². The van der Waals surface area contributed by atoms with E-state index in [1.807, 2.05) is 17.9 Å². The van der Waals surface area contributed by atoms with E-state index >= 15 is 0 Å². The second kappa shape index (κ2) is 13.7. The first kappa shape index (κ1) is 42.1. The lowest BCUT2D eigenvalue weighted by Crippen LogP contribution is -2.67. The number of hydrogen-bond acceptors (Lipinski definition) is 11. The average molecular weight is 806 g/mol. The summed E-state index contributed by atoms with van der Waals surface area (Å²) in [6.07, 6.45) is 2.19. The van der Waals surface area contributed by atoms with Gasteiger partial charge in [0, 0.05) is 37.1 Å². The van der Waals surface area contributed by atoms with Gasteiger partial charge in [0.25, 0.3) is 0 Å². The Labute approximate surface area is 333 Å². The molecular formula is C42H63NO12S. The minimum atomic E-state index is -1.80. The number of ketones is 1. The largest absolute Gasteiger partial charge is 0.481 e. The van der Waals surface area contributed by atoms with Crippen LogP contribution in [0.15, 0.2) is 11.6 Å². The van der Waals surface area contributed by atoms with Gasteiger partial charge in [-0.05, 0) is 116 Å². The Kier molecular flexibility index (Phi) is 10.3. The smallest absolute Gasteiger partial charge is 0.335 e. The molecule has 314 valence electrons. The van der Waals surface area contributed by atoms with Gasteiger partial charge in [0.05, 0.1) is 5.41 Å². The molecule has 13 nitrogen and oxygen atoms in total. The molecule has 0 amide bonds. The van der Waals surface area contributed by atoms with Crippen LogP contribution in [-0.2, 0) is 23.9 Å². The molecule has 7 rings (SSSR count). The van der Waals surface area contributed by atoms with Crippen LogP contribution in [0.25, 0.3) is 0 Å². The number of carbonyl (C=O) groups excluding carboxylic acids is 1. The highest BCUT2D eigenvalue weighted by Crippen LogP contribution is 2.76. The third-order valence-corrected chi connectivity index (χ3v) is 18.7. The molecule has 7 aliphatic rings. The molecule has 4 saturated carbocycles. The predicted octanol–water partition coefficient (Wildman–Crippen LogP) is 4.28. The molecule has 2 saturated heterocycles. The summed E-state index contributed by atoms with van der Waals surface area (Å²) in [6.45, 7) is 13.5. The SMILES string of the molecule is C[C@]1(C(=O)O)CC[C@]2(C)CC[C@]3(C)C(=CC(=O)[C@@H]4[C@@]5(C)CC[C@@H]6N(CCS[C@@H]7O[C@H](C(=O)O)[C@@H](O)[C@H](O)[C@H]7O)C(O)(CCC(=O)O)C[C@@]6(C)C5CC[C@]43C)[C@@H]2C1. The number of carboxylic acid groups (broad SMARTS) is 3. The number of aliphatic hydroxyl groups is 4. The number of carboxylic acids is 3. The second-order valence-electron chi connectivity index (χ2n) is 20.5. The zero-order valence-electron chi connectivity index (χ0n) is 33.7. The van der Waals surface area contributed by atoms with Gasteiger partial charge in [-0.15, -0.1) is 11.8 Å². The van der Waals surface area contributed by atoms with Crippen LogP contribution in [0, 0.1) is 50.2 Å². The standard InChI is InChI=1S/C42H63NO12S/c1-36-13-14-37(2,35(52)53)20-23(36)22-19-24(44)32-38(3)10-8-26-39(4,25(38)7-11-41(32,6)40(22,5)16-15-36)21-42(54,12-9-27(45)46)43(26)17-18-56-34-30(49)28(47)29(48)31(55-34)33(50)51/h19,23,25-26,28-32,34,47-49,54H,7-18,20-21H2,1-6H3,(H,45,46)(H,50,51)(H,52,53)/t23-,25?,26-,28-,29-,30+,31-,32+,34-,36+,37-,38-,39-,40+,41+,42?/m0/s1. The third kappa shape index (κ3) is 5.99. The number of fused-ring (bicyclic) bond motifs is 9. The predicted molar refractivity (Wildman–Crippen MR) is 205 cm³/mol. The summed E-state index contributed by atoms with van der Waals surface area (Å²) in [6, 6.07) is -0.146. The van der Waals surface area contributed by atoms with Gasteiger partial charge in [-0.2, -0.15) is 0 Å². The lowest BCUT2D eigenvalue weighted by atomic mass is 9.33. The van der Waals surface area contributed by atoms with Gasteiger partial charge >= 0.3 is 17.9 Å². The Balaban J connectivity index is 1.18. The number of rotatable bonds is 9. The number of carbonyl (C=O) groups is 4. The fourth-order valence-electron chi connectivity index (χ4n) is 14.3. The fourth-order valence-corrected chi connectivity index (χ4v) is 15.4. The molecule has 6 fully saturated rings. The first-order chi connectivity index (χ1) is 25.9. The summed E-state index contributed by atoms with van der Waals surface area (Å²) in [7, 11) is 0. The first-order valence-corrected chi connectivity index (χ1v) is 21.7. The van der Waals surface area contributed by atoms with E-state index < -0.39 is 69.7 Å². The van der Waals surface area contributed by atoms with Gasteiger partial charge in [0.2, 0.25) is 0 Å². The van der Waals surface area contributed by atoms with E-state index in [1.54, 1.807) is 0 Å². The number of hydrogen-bond donors (Lipinski definition) is 7.